The third-order valence-electron chi connectivity index (χ3n) is 4.72. The van der Waals surface area contributed by atoms with Crippen molar-refractivity contribution < 1.29 is 0 Å². The molecule has 1 aliphatic heterocycles. The van der Waals surface area contributed by atoms with Crippen molar-refractivity contribution in [1.29, 1.82) is 0 Å². The molecule has 1 atom stereocenters. The van der Waals surface area contributed by atoms with Gasteiger partial charge in [0.1, 0.15) is 0 Å². The van der Waals surface area contributed by atoms with Crippen LogP contribution >= 0.6 is 0 Å². The summed E-state index contributed by atoms with van der Waals surface area (Å²) in [5.41, 5.74) is 6.90. The lowest BCUT2D eigenvalue weighted by molar-refractivity contribution is 0.505. The highest BCUT2D eigenvalue weighted by molar-refractivity contribution is 5.65. The Kier molecular flexibility index (Phi) is 4.62. The molecule has 24 heavy (non-hydrogen) atoms. The van der Waals surface area contributed by atoms with Crippen molar-refractivity contribution in [1.82, 2.24) is 5.32 Å². The number of nitrogens with one attached hydrogen (secondary N) is 1. The van der Waals surface area contributed by atoms with Crippen LogP contribution in [0.4, 0.5) is 0 Å². The summed E-state index contributed by atoms with van der Waals surface area (Å²) < 4.78 is 0. The van der Waals surface area contributed by atoms with Crippen molar-refractivity contribution in [3.8, 4) is 11.1 Å². The lowest BCUT2D eigenvalue weighted by Crippen LogP contribution is -2.21. The van der Waals surface area contributed by atoms with Gasteiger partial charge >= 0.3 is 0 Å². The fourth-order valence-electron chi connectivity index (χ4n) is 3.22. The van der Waals surface area contributed by atoms with Crippen LogP contribution in [0.5, 0.6) is 0 Å². The van der Waals surface area contributed by atoms with Crippen molar-refractivity contribution >= 4 is 0 Å². The molecule has 0 bridgehead atoms. The molecule has 1 N–H and O–H groups in total. The molecule has 0 spiro atoms. The SMILES string of the molecule is CCc1ccc(-c2ccccc2)cc1C1C=C(C(C)(C)C)C=CN1. The second-order valence-electron chi connectivity index (χ2n) is 7.48. The number of rotatable bonds is 3. The number of dihydropyridines is 1. The predicted octanol–water partition coefficient (Wildman–Crippen LogP) is 6.05. The van der Waals surface area contributed by atoms with E-state index in [1.807, 2.05) is 0 Å². The molecule has 1 heterocycles. The second-order valence-corrected chi connectivity index (χ2v) is 7.48. The van der Waals surface area contributed by atoms with Crippen LogP contribution in [0.1, 0.15) is 44.9 Å². The van der Waals surface area contributed by atoms with Gasteiger partial charge in [-0.2, -0.15) is 0 Å². The number of allylic oxidation sites excluding steroid dienone is 2. The van der Waals surface area contributed by atoms with E-state index in [9.17, 15) is 0 Å². The van der Waals surface area contributed by atoms with E-state index in [0.29, 0.717) is 0 Å². The first kappa shape index (κ1) is 16.6. The Morgan fingerprint density at radius 3 is 2.38 bits per heavy atom. The average Bonchev–Trinajstić information content (AvgIpc) is 2.61. The zero-order valence-corrected chi connectivity index (χ0v) is 15.1. The molecule has 0 saturated carbocycles. The molecule has 0 saturated heterocycles. The summed E-state index contributed by atoms with van der Waals surface area (Å²) in [5.74, 6) is 0. The van der Waals surface area contributed by atoms with Crippen LogP contribution in [-0.4, -0.2) is 0 Å². The molecular weight excluding hydrogens is 290 g/mol. The minimum Gasteiger partial charge on any atom is -0.381 e. The maximum atomic E-state index is 3.53. The molecule has 0 amide bonds. The average molecular weight is 317 g/mol. The van der Waals surface area contributed by atoms with Gasteiger partial charge in [0.2, 0.25) is 0 Å². The van der Waals surface area contributed by atoms with Crippen molar-refractivity contribution in [3.63, 3.8) is 0 Å². The summed E-state index contributed by atoms with van der Waals surface area (Å²) in [7, 11) is 0. The van der Waals surface area contributed by atoms with Crippen molar-refractivity contribution in [2.75, 3.05) is 0 Å². The van der Waals surface area contributed by atoms with Crippen molar-refractivity contribution in [2.45, 2.75) is 40.2 Å². The van der Waals surface area contributed by atoms with Crippen LogP contribution in [-0.2, 0) is 6.42 Å². The number of aryl methyl sites for hydroxylation is 1. The maximum absolute atomic E-state index is 3.53. The van der Waals surface area contributed by atoms with Crippen LogP contribution in [0, 0.1) is 5.41 Å². The minimum absolute atomic E-state index is 0.167. The van der Waals surface area contributed by atoms with Crippen molar-refractivity contribution in [3.05, 3.63) is 83.6 Å². The van der Waals surface area contributed by atoms with E-state index in [4.69, 9.17) is 0 Å². The van der Waals surface area contributed by atoms with E-state index < -0.39 is 0 Å². The highest BCUT2D eigenvalue weighted by Crippen LogP contribution is 2.34. The monoisotopic (exact) mass is 317 g/mol. The van der Waals surface area contributed by atoms with Gasteiger partial charge in [-0.05, 0) is 58.0 Å². The third kappa shape index (κ3) is 3.46. The fourth-order valence-corrected chi connectivity index (χ4v) is 3.22. The first-order chi connectivity index (χ1) is 11.5. The van der Waals surface area contributed by atoms with Crippen LogP contribution in [0.2, 0.25) is 0 Å². The molecule has 0 aromatic heterocycles. The molecule has 1 nitrogen and oxygen atoms in total. The standard InChI is InChI=1S/C23H27N/c1-5-17-11-12-19(18-9-7-6-8-10-18)15-21(17)22-16-20(13-14-24-22)23(2,3)4/h6-16,22,24H,5H2,1-4H3. The largest absolute Gasteiger partial charge is 0.381 e. The van der Waals surface area contributed by atoms with Gasteiger partial charge in [0, 0.05) is 0 Å². The highest BCUT2D eigenvalue weighted by atomic mass is 14.9. The van der Waals surface area contributed by atoms with Gasteiger partial charge in [-0.3, -0.25) is 0 Å². The highest BCUT2D eigenvalue weighted by Gasteiger charge is 2.21. The zero-order valence-electron chi connectivity index (χ0n) is 15.1. The summed E-state index contributed by atoms with van der Waals surface area (Å²) in [6.45, 7) is 9.04. The van der Waals surface area contributed by atoms with Crippen molar-refractivity contribution in [2.24, 2.45) is 5.41 Å². The summed E-state index contributed by atoms with van der Waals surface area (Å²) in [4.78, 5) is 0. The topological polar surface area (TPSA) is 12.0 Å². The Bertz CT molecular complexity index is 760. The molecule has 124 valence electrons. The molecule has 3 rings (SSSR count). The van der Waals surface area contributed by atoms with Gasteiger partial charge in [0.25, 0.3) is 0 Å². The summed E-state index contributed by atoms with van der Waals surface area (Å²) >= 11 is 0. The van der Waals surface area contributed by atoms with Crippen LogP contribution in [0.25, 0.3) is 11.1 Å². The van der Waals surface area contributed by atoms with Crippen LogP contribution < -0.4 is 5.32 Å². The van der Waals surface area contributed by atoms with E-state index in [-0.39, 0.29) is 11.5 Å². The Morgan fingerprint density at radius 1 is 0.958 bits per heavy atom. The van der Waals surface area contributed by atoms with Gasteiger partial charge in [-0.25, -0.2) is 0 Å². The van der Waals surface area contributed by atoms with E-state index in [1.54, 1.807) is 0 Å². The summed E-state index contributed by atoms with van der Waals surface area (Å²) in [6, 6.07) is 17.7. The molecule has 1 heteroatoms. The van der Waals surface area contributed by atoms with Gasteiger partial charge in [-0.1, -0.05) is 76.2 Å². The van der Waals surface area contributed by atoms with Crippen LogP contribution in [0.15, 0.2) is 72.5 Å². The molecule has 0 radical (unpaired) electrons. The predicted molar refractivity (Wildman–Crippen MR) is 104 cm³/mol. The van der Waals surface area contributed by atoms with Gasteiger partial charge in [0.15, 0.2) is 0 Å². The Morgan fingerprint density at radius 2 is 1.71 bits per heavy atom. The van der Waals surface area contributed by atoms with Gasteiger partial charge < -0.3 is 5.32 Å². The normalized spacial score (nSPS) is 17.3. The smallest absolute Gasteiger partial charge is 0.0701 e. The van der Waals surface area contributed by atoms with E-state index >= 15 is 0 Å². The third-order valence-corrected chi connectivity index (χ3v) is 4.72. The number of hydrogen-bond donors (Lipinski definition) is 1. The first-order valence-electron chi connectivity index (χ1n) is 8.82. The number of hydrogen-bond acceptors (Lipinski definition) is 1. The molecular formula is C23H27N. The molecule has 2 aromatic carbocycles. The summed E-state index contributed by atoms with van der Waals surface area (Å²) in [6.07, 6.45) is 7.72. The quantitative estimate of drug-likeness (QED) is 0.727. The second kappa shape index (κ2) is 6.68. The minimum atomic E-state index is 0.167. The Balaban J connectivity index is 2.03. The fraction of sp³-hybridized carbons (Fsp3) is 0.304. The molecule has 1 unspecified atom stereocenters. The van der Waals surface area contributed by atoms with Gasteiger partial charge in [0.05, 0.1) is 6.04 Å². The first-order valence-corrected chi connectivity index (χ1v) is 8.82. The Hall–Kier alpha value is -2.28. The van der Waals surface area contributed by atoms with E-state index in [1.165, 1.54) is 27.8 Å². The van der Waals surface area contributed by atoms with E-state index in [2.05, 4.69) is 99.9 Å². The van der Waals surface area contributed by atoms with Gasteiger partial charge in [-0.15, -0.1) is 0 Å². The lowest BCUT2D eigenvalue weighted by atomic mass is 9.82. The number of benzene rings is 2. The molecule has 1 aliphatic rings. The molecule has 0 fully saturated rings. The molecule has 0 aliphatic carbocycles. The maximum Gasteiger partial charge on any atom is 0.0701 e. The molecule has 2 aromatic rings. The zero-order chi connectivity index (χ0) is 17.2. The summed E-state index contributed by atoms with van der Waals surface area (Å²) in [5, 5.41) is 3.53. The lowest BCUT2D eigenvalue weighted by Gasteiger charge is -2.28. The Labute approximate surface area is 146 Å². The van der Waals surface area contributed by atoms with Crippen LogP contribution in [0.3, 0.4) is 0 Å². The van der Waals surface area contributed by atoms with E-state index in [0.717, 1.165) is 6.42 Å².